The Balaban J connectivity index is 2.82. The average Bonchev–Trinajstić information content (AvgIpc) is 2.56. The summed E-state index contributed by atoms with van der Waals surface area (Å²) in [4.78, 5) is 34.2. The van der Waals surface area contributed by atoms with Crippen molar-refractivity contribution >= 4 is 29.2 Å². The highest BCUT2D eigenvalue weighted by Crippen LogP contribution is 2.20. The number of hydrogen-bond donors (Lipinski definition) is 1. The molecule has 0 bridgehead atoms. The fraction of sp³-hybridized carbons (Fsp3) is 0.167. The first-order valence-electron chi connectivity index (χ1n) is 3.25. The molecule has 6 nitrogen and oxygen atoms in total. The van der Waals surface area contributed by atoms with E-state index in [1.807, 2.05) is 0 Å². The smallest absolute Gasteiger partial charge is 0.213 e. The van der Waals surface area contributed by atoms with Crippen LogP contribution in [0.2, 0.25) is 0 Å². The number of thiazole rings is 1. The third-order valence-electron chi connectivity index (χ3n) is 1.25. The number of amides is 1. The minimum atomic E-state index is -1.08. The lowest BCUT2D eigenvalue weighted by Gasteiger charge is -1.92. The number of nitroso groups, excluding NO2 is 1. The van der Waals surface area contributed by atoms with Crippen LogP contribution in [0.5, 0.6) is 0 Å². The van der Waals surface area contributed by atoms with E-state index in [1.54, 1.807) is 0 Å². The highest BCUT2D eigenvalue weighted by molar-refractivity contribution is 7.13. The third kappa shape index (κ3) is 2.15. The van der Waals surface area contributed by atoms with E-state index < -0.39 is 6.04 Å². The first-order valence-corrected chi connectivity index (χ1v) is 4.13. The summed E-state index contributed by atoms with van der Waals surface area (Å²) in [7, 11) is 0. The zero-order chi connectivity index (χ0) is 9.68. The monoisotopic (exact) mass is 199 g/mol. The Labute approximate surface area is 77.0 Å². The van der Waals surface area contributed by atoms with Gasteiger partial charge in [-0.3, -0.25) is 4.79 Å². The van der Waals surface area contributed by atoms with Crippen molar-refractivity contribution in [1.29, 1.82) is 0 Å². The Morgan fingerprint density at radius 2 is 2.38 bits per heavy atom. The Hall–Kier alpha value is -1.63. The fourth-order valence-electron chi connectivity index (χ4n) is 0.687. The first kappa shape index (κ1) is 9.46. The maximum Gasteiger partial charge on any atom is 0.213 e. The number of carbonyl (C=O) groups excluding carboxylic acids is 2. The Kier molecular flexibility index (Phi) is 3.21. The number of hydrogen-bond acceptors (Lipinski definition) is 6. The van der Waals surface area contributed by atoms with Gasteiger partial charge in [-0.05, 0) is 0 Å². The SMILES string of the molecule is O=CNc1nc(C(C=O)N=O)cs1. The fourth-order valence-corrected chi connectivity index (χ4v) is 1.39. The van der Waals surface area contributed by atoms with E-state index in [-0.39, 0.29) is 5.69 Å². The summed E-state index contributed by atoms with van der Waals surface area (Å²) < 4.78 is 0. The molecule has 13 heavy (non-hydrogen) atoms. The molecule has 1 unspecified atom stereocenters. The zero-order valence-corrected chi connectivity index (χ0v) is 7.15. The van der Waals surface area contributed by atoms with Crippen LogP contribution in [0.1, 0.15) is 11.7 Å². The van der Waals surface area contributed by atoms with Gasteiger partial charge in [0.1, 0.15) is 0 Å². The number of anilines is 1. The third-order valence-corrected chi connectivity index (χ3v) is 2.04. The lowest BCUT2D eigenvalue weighted by atomic mass is 10.3. The molecule has 1 amide bonds. The quantitative estimate of drug-likeness (QED) is 0.558. The lowest BCUT2D eigenvalue weighted by molar-refractivity contribution is -0.109. The molecular formula is C6H5N3O3S. The summed E-state index contributed by atoms with van der Waals surface area (Å²) in [6.07, 6.45) is 0.861. The molecule has 0 saturated heterocycles. The Bertz CT molecular complexity index is 317. The maximum absolute atomic E-state index is 10.3. The molecule has 1 aromatic rings. The molecule has 68 valence electrons. The van der Waals surface area contributed by atoms with Gasteiger partial charge in [0.2, 0.25) is 6.41 Å². The van der Waals surface area contributed by atoms with Crippen molar-refractivity contribution in [3.05, 3.63) is 16.0 Å². The molecule has 0 spiro atoms. The van der Waals surface area contributed by atoms with Gasteiger partial charge in [0.25, 0.3) is 0 Å². The summed E-state index contributed by atoms with van der Waals surface area (Å²) >= 11 is 1.12. The van der Waals surface area contributed by atoms with E-state index in [4.69, 9.17) is 0 Å². The molecule has 1 N–H and O–H groups in total. The molecule has 1 heterocycles. The molecule has 0 aliphatic rings. The number of rotatable bonds is 5. The predicted octanol–water partition coefficient (Wildman–Crippen LogP) is 0.718. The van der Waals surface area contributed by atoms with Crippen molar-refractivity contribution in [2.24, 2.45) is 5.18 Å². The van der Waals surface area contributed by atoms with Crippen molar-refractivity contribution in [2.75, 3.05) is 5.32 Å². The molecule has 0 aromatic carbocycles. The Morgan fingerprint density at radius 3 is 2.92 bits per heavy atom. The summed E-state index contributed by atoms with van der Waals surface area (Å²) in [5.41, 5.74) is 0.249. The van der Waals surface area contributed by atoms with Crippen LogP contribution in [0.3, 0.4) is 0 Å². The van der Waals surface area contributed by atoms with Crippen molar-refractivity contribution in [2.45, 2.75) is 6.04 Å². The van der Waals surface area contributed by atoms with Crippen molar-refractivity contribution in [3.8, 4) is 0 Å². The van der Waals surface area contributed by atoms with Crippen LogP contribution in [0.15, 0.2) is 10.6 Å². The first-order chi connectivity index (χ1) is 6.31. The highest BCUT2D eigenvalue weighted by atomic mass is 32.1. The standard InChI is InChI=1S/C6H5N3O3S/c10-1-4(9-12)5-2-13-6(8-5)7-3-11/h1-4H,(H,7,8,11). The number of aldehydes is 1. The van der Waals surface area contributed by atoms with E-state index in [1.165, 1.54) is 5.38 Å². The second-order valence-electron chi connectivity index (χ2n) is 2.03. The molecular weight excluding hydrogens is 194 g/mol. The van der Waals surface area contributed by atoms with Crippen LogP contribution in [-0.4, -0.2) is 17.7 Å². The van der Waals surface area contributed by atoms with Gasteiger partial charge < -0.3 is 10.1 Å². The number of nitrogens with zero attached hydrogens (tertiary/aromatic N) is 2. The molecule has 0 aliphatic carbocycles. The van der Waals surface area contributed by atoms with E-state index in [9.17, 15) is 14.5 Å². The van der Waals surface area contributed by atoms with Gasteiger partial charge >= 0.3 is 0 Å². The molecule has 1 atom stereocenters. The van der Waals surface area contributed by atoms with Crippen LogP contribution >= 0.6 is 11.3 Å². The molecule has 0 radical (unpaired) electrons. The number of carbonyl (C=O) groups is 2. The molecule has 1 rings (SSSR count). The van der Waals surface area contributed by atoms with E-state index in [0.29, 0.717) is 17.8 Å². The topological polar surface area (TPSA) is 88.5 Å². The van der Waals surface area contributed by atoms with Gasteiger partial charge in [-0.25, -0.2) is 4.98 Å². The molecule has 1 aromatic heterocycles. The van der Waals surface area contributed by atoms with E-state index in [2.05, 4.69) is 15.5 Å². The van der Waals surface area contributed by atoms with E-state index >= 15 is 0 Å². The summed E-state index contributed by atoms with van der Waals surface area (Å²) in [5, 5.41) is 6.68. The van der Waals surface area contributed by atoms with Crippen molar-refractivity contribution in [1.82, 2.24) is 4.98 Å². The van der Waals surface area contributed by atoms with Crippen LogP contribution in [0.25, 0.3) is 0 Å². The maximum atomic E-state index is 10.3. The zero-order valence-electron chi connectivity index (χ0n) is 6.34. The van der Waals surface area contributed by atoms with Crippen LogP contribution in [0, 0.1) is 4.91 Å². The lowest BCUT2D eigenvalue weighted by Crippen LogP contribution is -1.98. The summed E-state index contributed by atoms with van der Waals surface area (Å²) in [5.74, 6) is 0. The number of nitrogens with one attached hydrogen (secondary N) is 1. The highest BCUT2D eigenvalue weighted by Gasteiger charge is 2.13. The van der Waals surface area contributed by atoms with Gasteiger partial charge in [0.15, 0.2) is 17.5 Å². The van der Waals surface area contributed by atoms with Crippen LogP contribution < -0.4 is 5.32 Å². The predicted molar refractivity (Wildman–Crippen MR) is 46.4 cm³/mol. The second-order valence-corrected chi connectivity index (χ2v) is 2.88. The van der Waals surface area contributed by atoms with Crippen molar-refractivity contribution < 1.29 is 9.59 Å². The summed E-state index contributed by atoms with van der Waals surface area (Å²) in [6.45, 7) is 0. The average molecular weight is 199 g/mol. The van der Waals surface area contributed by atoms with Gasteiger partial charge in [0.05, 0.1) is 5.69 Å². The number of aromatic nitrogens is 1. The van der Waals surface area contributed by atoms with Gasteiger partial charge in [-0.15, -0.1) is 16.2 Å². The molecule has 0 saturated carbocycles. The van der Waals surface area contributed by atoms with Gasteiger partial charge in [-0.2, -0.15) is 0 Å². The molecule has 0 fully saturated rings. The molecule has 0 aliphatic heterocycles. The Morgan fingerprint density at radius 1 is 1.62 bits per heavy atom. The summed E-state index contributed by atoms with van der Waals surface area (Å²) in [6, 6.07) is -1.08. The van der Waals surface area contributed by atoms with Crippen LogP contribution in [-0.2, 0) is 9.59 Å². The minimum absolute atomic E-state index is 0.249. The van der Waals surface area contributed by atoms with Gasteiger partial charge in [0, 0.05) is 5.38 Å². The molecule has 7 heteroatoms. The van der Waals surface area contributed by atoms with E-state index in [0.717, 1.165) is 11.3 Å². The van der Waals surface area contributed by atoms with Gasteiger partial charge in [-0.1, -0.05) is 5.18 Å². The normalized spacial score (nSPS) is 11.7. The van der Waals surface area contributed by atoms with Crippen LogP contribution in [0.4, 0.5) is 5.13 Å². The largest absolute Gasteiger partial charge is 0.305 e. The van der Waals surface area contributed by atoms with Crippen molar-refractivity contribution in [3.63, 3.8) is 0 Å². The second kappa shape index (κ2) is 4.41. The minimum Gasteiger partial charge on any atom is -0.305 e.